The van der Waals surface area contributed by atoms with E-state index in [1.165, 1.54) is 12.8 Å². The van der Waals surface area contributed by atoms with Crippen molar-refractivity contribution in [1.29, 1.82) is 0 Å². The van der Waals surface area contributed by atoms with Crippen molar-refractivity contribution in [2.45, 2.75) is 32.7 Å². The molecule has 1 atom stereocenters. The Kier molecular flexibility index (Phi) is 4.93. The standard InChI is InChI=1S/C23H23N3O/c1-3-27-22-10-8-18(9-11-22)19-6-7-20-15-21(24-25-23(20)16-19)12-14-26-13-4-5-17(26)2/h6-11,15-17H,3-5,13H2,1-2H3/t17-/m1/s1. The Morgan fingerprint density at radius 2 is 1.89 bits per heavy atom. The predicted octanol–water partition coefficient (Wildman–Crippen LogP) is 4.49. The maximum Gasteiger partial charge on any atom is 0.138 e. The first-order valence-corrected chi connectivity index (χ1v) is 9.52. The molecule has 0 N–H and O–H groups in total. The maximum atomic E-state index is 5.51. The molecule has 1 aliphatic heterocycles. The van der Waals surface area contributed by atoms with Crippen molar-refractivity contribution in [3.63, 3.8) is 0 Å². The molecule has 3 aromatic rings. The molecule has 0 unspecified atom stereocenters. The van der Waals surface area contributed by atoms with Crippen molar-refractivity contribution in [2.24, 2.45) is 0 Å². The van der Waals surface area contributed by atoms with Crippen molar-refractivity contribution >= 4 is 10.9 Å². The fourth-order valence-corrected chi connectivity index (χ4v) is 3.42. The van der Waals surface area contributed by atoms with E-state index in [1.54, 1.807) is 0 Å². The SMILES string of the molecule is CCOc1ccc(-c2ccc3cc(C#CN4CCC[C@H]4C)nnc3c2)cc1. The highest BCUT2D eigenvalue weighted by Crippen LogP contribution is 2.25. The lowest BCUT2D eigenvalue weighted by Gasteiger charge is -2.14. The van der Waals surface area contributed by atoms with Crippen LogP contribution in [0.4, 0.5) is 0 Å². The fraction of sp³-hybridized carbons (Fsp3) is 0.304. The molecular weight excluding hydrogens is 334 g/mol. The minimum atomic E-state index is 0.530. The minimum Gasteiger partial charge on any atom is -0.494 e. The van der Waals surface area contributed by atoms with Gasteiger partial charge in [-0.3, -0.25) is 0 Å². The lowest BCUT2D eigenvalue weighted by atomic mass is 10.0. The highest BCUT2D eigenvalue weighted by molar-refractivity contribution is 5.84. The Balaban J connectivity index is 1.57. The Morgan fingerprint density at radius 3 is 2.63 bits per heavy atom. The zero-order chi connectivity index (χ0) is 18.6. The third-order valence-electron chi connectivity index (χ3n) is 4.97. The van der Waals surface area contributed by atoms with Crippen LogP contribution in [-0.4, -0.2) is 34.3 Å². The summed E-state index contributed by atoms with van der Waals surface area (Å²) in [6.07, 6.45) is 2.43. The van der Waals surface area contributed by atoms with Gasteiger partial charge in [-0.1, -0.05) is 24.3 Å². The van der Waals surface area contributed by atoms with Gasteiger partial charge in [0.15, 0.2) is 0 Å². The Bertz CT molecular complexity index is 1000. The first kappa shape index (κ1) is 17.4. The average molecular weight is 357 g/mol. The lowest BCUT2D eigenvalue weighted by molar-refractivity contribution is 0.340. The molecule has 0 spiro atoms. The molecule has 2 aromatic carbocycles. The topological polar surface area (TPSA) is 38.2 Å². The molecule has 4 rings (SSSR count). The van der Waals surface area contributed by atoms with Gasteiger partial charge in [-0.05, 0) is 68.0 Å². The second-order valence-corrected chi connectivity index (χ2v) is 6.88. The normalized spacial score (nSPS) is 16.2. The van der Waals surface area contributed by atoms with Gasteiger partial charge in [-0.25, -0.2) is 0 Å². The highest BCUT2D eigenvalue weighted by Gasteiger charge is 2.16. The third-order valence-corrected chi connectivity index (χ3v) is 4.97. The molecular formula is C23H23N3O. The van der Waals surface area contributed by atoms with Gasteiger partial charge in [0.25, 0.3) is 0 Å². The molecule has 1 aromatic heterocycles. The van der Waals surface area contributed by atoms with Gasteiger partial charge in [-0.15, -0.1) is 10.2 Å². The van der Waals surface area contributed by atoms with Crippen molar-refractivity contribution in [3.05, 3.63) is 54.2 Å². The van der Waals surface area contributed by atoms with Crippen LogP contribution >= 0.6 is 0 Å². The number of fused-ring (bicyclic) bond motifs is 1. The predicted molar refractivity (Wildman–Crippen MR) is 108 cm³/mol. The van der Waals surface area contributed by atoms with E-state index in [4.69, 9.17) is 4.74 Å². The van der Waals surface area contributed by atoms with E-state index in [2.05, 4.69) is 64.3 Å². The summed E-state index contributed by atoms with van der Waals surface area (Å²) in [4.78, 5) is 2.20. The van der Waals surface area contributed by atoms with E-state index in [9.17, 15) is 0 Å². The van der Waals surface area contributed by atoms with Gasteiger partial charge >= 0.3 is 0 Å². The van der Waals surface area contributed by atoms with Crippen molar-refractivity contribution in [3.8, 4) is 28.8 Å². The number of nitrogens with zero attached hydrogens (tertiary/aromatic N) is 3. The number of likely N-dealkylation sites (tertiary alicyclic amines) is 1. The number of ether oxygens (including phenoxy) is 1. The second-order valence-electron chi connectivity index (χ2n) is 6.88. The van der Waals surface area contributed by atoms with E-state index >= 15 is 0 Å². The Morgan fingerprint density at radius 1 is 1.07 bits per heavy atom. The van der Waals surface area contributed by atoms with Crippen LogP contribution in [0.3, 0.4) is 0 Å². The molecule has 136 valence electrons. The molecule has 0 bridgehead atoms. The molecule has 4 nitrogen and oxygen atoms in total. The minimum absolute atomic E-state index is 0.530. The van der Waals surface area contributed by atoms with E-state index in [1.807, 2.05) is 25.1 Å². The zero-order valence-electron chi connectivity index (χ0n) is 15.8. The van der Waals surface area contributed by atoms with Crippen LogP contribution in [0, 0.1) is 12.0 Å². The van der Waals surface area contributed by atoms with Gasteiger partial charge in [-0.2, -0.15) is 0 Å². The molecule has 0 aliphatic carbocycles. The van der Waals surface area contributed by atoms with Crippen molar-refractivity contribution < 1.29 is 4.74 Å². The molecule has 1 fully saturated rings. The summed E-state index contributed by atoms with van der Waals surface area (Å²) in [6, 6.07) is 20.2. The highest BCUT2D eigenvalue weighted by atomic mass is 16.5. The second kappa shape index (κ2) is 7.67. The summed E-state index contributed by atoms with van der Waals surface area (Å²) >= 11 is 0. The Hall–Kier alpha value is -3.06. The molecule has 2 heterocycles. The van der Waals surface area contributed by atoms with Crippen LogP contribution < -0.4 is 4.74 Å². The van der Waals surface area contributed by atoms with Crippen LogP contribution in [0.2, 0.25) is 0 Å². The van der Waals surface area contributed by atoms with Gasteiger partial charge in [0.2, 0.25) is 0 Å². The first-order valence-electron chi connectivity index (χ1n) is 9.52. The van der Waals surface area contributed by atoms with Crippen molar-refractivity contribution in [1.82, 2.24) is 15.1 Å². The van der Waals surface area contributed by atoms with E-state index in [0.717, 1.165) is 40.0 Å². The number of aromatic nitrogens is 2. The monoisotopic (exact) mass is 357 g/mol. The number of hydrogen-bond donors (Lipinski definition) is 0. The molecule has 1 saturated heterocycles. The quantitative estimate of drug-likeness (QED) is 0.648. The summed E-state index contributed by atoms with van der Waals surface area (Å²) in [5.41, 5.74) is 3.84. The maximum absolute atomic E-state index is 5.51. The number of hydrogen-bond acceptors (Lipinski definition) is 4. The average Bonchev–Trinajstić information content (AvgIpc) is 3.11. The van der Waals surface area contributed by atoms with Crippen LogP contribution in [0.25, 0.3) is 22.0 Å². The van der Waals surface area contributed by atoms with Gasteiger partial charge in [0.1, 0.15) is 11.4 Å². The van der Waals surface area contributed by atoms with Gasteiger partial charge < -0.3 is 9.64 Å². The van der Waals surface area contributed by atoms with E-state index in [0.29, 0.717) is 12.6 Å². The van der Waals surface area contributed by atoms with E-state index in [-0.39, 0.29) is 0 Å². The van der Waals surface area contributed by atoms with Gasteiger partial charge in [0.05, 0.1) is 12.1 Å². The molecule has 27 heavy (non-hydrogen) atoms. The van der Waals surface area contributed by atoms with Crippen LogP contribution in [0.1, 0.15) is 32.4 Å². The van der Waals surface area contributed by atoms with Crippen LogP contribution in [0.5, 0.6) is 5.75 Å². The largest absolute Gasteiger partial charge is 0.494 e. The van der Waals surface area contributed by atoms with E-state index < -0.39 is 0 Å². The molecule has 0 saturated carbocycles. The summed E-state index contributed by atoms with van der Waals surface area (Å²) < 4.78 is 5.51. The summed E-state index contributed by atoms with van der Waals surface area (Å²) in [5, 5.41) is 9.73. The molecule has 1 aliphatic rings. The smallest absolute Gasteiger partial charge is 0.138 e. The third kappa shape index (κ3) is 3.88. The summed E-state index contributed by atoms with van der Waals surface area (Å²) in [7, 11) is 0. The molecule has 4 heteroatoms. The molecule has 0 amide bonds. The first-order chi connectivity index (χ1) is 13.2. The number of rotatable bonds is 3. The van der Waals surface area contributed by atoms with Crippen molar-refractivity contribution in [2.75, 3.05) is 13.2 Å². The lowest BCUT2D eigenvalue weighted by Crippen LogP contribution is -2.20. The van der Waals surface area contributed by atoms with Crippen LogP contribution in [-0.2, 0) is 0 Å². The fourth-order valence-electron chi connectivity index (χ4n) is 3.42. The Labute approximate surface area is 160 Å². The summed E-state index contributed by atoms with van der Waals surface area (Å²) in [6.45, 7) is 5.92. The molecule has 0 radical (unpaired) electrons. The number of benzene rings is 2. The summed E-state index contributed by atoms with van der Waals surface area (Å²) in [5.74, 6) is 4.05. The van der Waals surface area contributed by atoms with Crippen LogP contribution in [0.15, 0.2) is 48.5 Å². The van der Waals surface area contributed by atoms with Gasteiger partial charge in [0, 0.05) is 24.0 Å². The zero-order valence-corrected chi connectivity index (χ0v) is 15.8.